The highest BCUT2D eigenvalue weighted by molar-refractivity contribution is 6.08. The zero-order valence-electron chi connectivity index (χ0n) is 15.3. The van der Waals surface area contributed by atoms with Gasteiger partial charge < -0.3 is 14.4 Å². The number of aromatic nitrogens is 1. The molecule has 0 bridgehead atoms. The molecule has 3 aromatic rings. The van der Waals surface area contributed by atoms with Gasteiger partial charge in [0.15, 0.2) is 0 Å². The molecule has 1 N–H and O–H groups in total. The van der Waals surface area contributed by atoms with Crippen LogP contribution in [0.2, 0.25) is 0 Å². The summed E-state index contributed by atoms with van der Waals surface area (Å²) in [6, 6.07) is 15.5. The summed E-state index contributed by atoms with van der Waals surface area (Å²) in [6.45, 7) is 4.71. The van der Waals surface area contributed by atoms with E-state index in [4.69, 9.17) is 4.74 Å². The number of rotatable bonds is 3. The molecule has 3 heterocycles. The van der Waals surface area contributed by atoms with Gasteiger partial charge in [0.05, 0.1) is 13.2 Å². The molecule has 0 spiro atoms. The van der Waals surface area contributed by atoms with Crippen LogP contribution in [0.1, 0.15) is 12.0 Å². The molecule has 0 unspecified atom stereocenters. The maximum atomic E-state index is 9.98. The van der Waals surface area contributed by atoms with Crippen molar-refractivity contribution in [2.75, 3.05) is 32.9 Å². The Balaban J connectivity index is 1.45. The summed E-state index contributed by atoms with van der Waals surface area (Å²) in [5.74, 6) is 0.558. The zero-order chi connectivity index (χ0) is 17.7. The summed E-state index contributed by atoms with van der Waals surface area (Å²) < 4.78 is 7.99. The number of para-hydroxylation sites is 1. The van der Waals surface area contributed by atoms with Gasteiger partial charge in [0.25, 0.3) is 0 Å². The van der Waals surface area contributed by atoms with Crippen molar-refractivity contribution in [3.63, 3.8) is 0 Å². The number of hydrogen-bond acceptors (Lipinski definition) is 3. The summed E-state index contributed by atoms with van der Waals surface area (Å²) in [5.41, 5.74) is 3.86. The van der Waals surface area contributed by atoms with Gasteiger partial charge in [-0.15, -0.1) is 0 Å². The van der Waals surface area contributed by atoms with Crippen molar-refractivity contribution >= 4 is 21.8 Å². The van der Waals surface area contributed by atoms with Crippen LogP contribution in [0.4, 0.5) is 0 Å². The third-order valence-corrected chi connectivity index (χ3v) is 6.58. The number of aliphatic hydroxyl groups is 1. The SMILES string of the molecule is Cn1c2ccccc2c2ccc(CN3C[C@@H]4CCOC[C@]4(CO)C3)cc21. The summed E-state index contributed by atoms with van der Waals surface area (Å²) in [6.07, 6.45) is 1.07. The summed E-state index contributed by atoms with van der Waals surface area (Å²) in [4.78, 5) is 2.50. The Hall–Kier alpha value is -1.88. The van der Waals surface area contributed by atoms with E-state index in [1.54, 1.807) is 0 Å². The zero-order valence-corrected chi connectivity index (χ0v) is 15.3. The van der Waals surface area contributed by atoms with Gasteiger partial charge in [0.2, 0.25) is 0 Å². The number of fused-ring (bicyclic) bond motifs is 4. The first-order chi connectivity index (χ1) is 12.7. The number of hydrogen-bond donors (Lipinski definition) is 1. The van der Waals surface area contributed by atoms with Gasteiger partial charge >= 0.3 is 0 Å². The molecule has 136 valence electrons. The lowest BCUT2D eigenvalue weighted by molar-refractivity contribution is -0.0561. The van der Waals surface area contributed by atoms with Crippen LogP contribution < -0.4 is 0 Å². The maximum Gasteiger partial charge on any atom is 0.0559 e. The second kappa shape index (κ2) is 6.08. The first-order valence-corrected chi connectivity index (χ1v) is 9.57. The van der Waals surface area contributed by atoms with E-state index >= 15 is 0 Å². The van der Waals surface area contributed by atoms with Crippen LogP contribution in [0, 0.1) is 11.3 Å². The van der Waals surface area contributed by atoms with Crippen LogP contribution in [0.3, 0.4) is 0 Å². The van der Waals surface area contributed by atoms with Crippen LogP contribution in [0.5, 0.6) is 0 Å². The molecule has 4 nitrogen and oxygen atoms in total. The monoisotopic (exact) mass is 350 g/mol. The highest BCUT2D eigenvalue weighted by atomic mass is 16.5. The molecule has 2 aliphatic rings. The average molecular weight is 350 g/mol. The Kier molecular flexibility index (Phi) is 3.82. The fourth-order valence-electron chi connectivity index (χ4n) is 5.11. The summed E-state index contributed by atoms with van der Waals surface area (Å²) in [7, 11) is 2.15. The largest absolute Gasteiger partial charge is 0.396 e. The Morgan fingerprint density at radius 3 is 2.85 bits per heavy atom. The highest BCUT2D eigenvalue weighted by Gasteiger charge is 2.47. The smallest absolute Gasteiger partial charge is 0.0559 e. The topological polar surface area (TPSA) is 37.6 Å². The van der Waals surface area contributed by atoms with Crippen molar-refractivity contribution in [3.05, 3.63) is 48.0 Å². The number of benzene rings is 2. The predicted molar refractivity (Wildman–Crippen MR) is 104 cm³/mol. The third-order valence-electron chi connectivity index (χ3n) is 6.58. The van der Waals surface area contributed by atoms with Gasteiger partial charge in [-0.3, -0.25) is 4.90 Å². The van der Waals surface area contributed by atoms with E-state index in [2.05, 4.69) is 59.0 Å². The molecule has 2 atom stereocenters. The van der Waals surface area contributed by atoms with Crippen LogP contribution in [-0.2, 0) is 18.3 Å². The number of aliphatic hydroxyl groups excluding tert-OH is 1. The van der Waals surface area contributed by atoms with E-state index < -0.39 is 0 Å². The normalized spacial score (nSPS) is 26.6. The van der Waals surface area contributed by atoms with Crippen LogP contribution >= 0.6 is 0 Å². The van der Waals surface area contributed by atoms with Crippen molar-refractivity contribution in [2.45, 2.75) is 13.0 Å². The van der Waals surface area contributed by atoms with Gasteiger partial charge in [-0.05, 0) is 30.0 Å². The van der Waals surface area contributed by atoms with E-state index in [0.29, 0.717) is 12.5 Å². The molecule has 5 rings (SSSR count). The number of ether oxygens (including phenoxy) is 1. The summed E-state index contributed by atoms with van der Waals surface area (Å²) in [5, 5.41) is 12.6. The van der Waals surface area contributed by atoms with Crippen molar-refractivity contribution in [1.29, 1.82) is 0 Å². The molecule has 2 saturated heterocycles. The molecule has 0 aliphatic carbocycles. The quantitative estimate of drug-likeness (QED) is 0.788. The molecule has 0 radical (unpaired) electrons. The van der Waals surface area contributed by atoms with Crippen molar-refractivity contribution in [2.24, 2.45) is 18.4 Å². The maximum absolute atomic E-state index is 9.98. The minimum absolute atomic E-state index is 0.0536. The van der Waals surface area contributed by atoms with E-state index in [0.717, 1.165) is 32.7 Å². The first kappa shape index (κ1) is 16.3. The van der Waals surface area contributed by atoms with Crippen molar-refractivity contribution in [3.8, 4) is 0 Å². The number of nitrogens with zero attached hydrogens (tertiary/aromatic N) is 2. The van der Waals surface area contributed by atoms with E-state index in [-0.39, 0.29) is 12.0 Å². The number of likely N-dealkylation sites (tertiary alicyclic amines) is 1. The molecular formula is C22H26N2O2. The Labute approximate surface area is 154 Å². The van der Waals surface area contributed by atoms with E-state index in [9.17, 15) is 5.11 Å². The van der Waals surface area contributed by atoms with E-state index in [1.165, 1.54) is 27.4 Å². The predicted octanol–water partition coefficient (Wildman–Crippen LogP) is 3.16. The lowest BCUT2D eigenvalue weighted by Crippen LogP contribution is -2.42. The Morgan fingerprint density at radius 1 is 1.15 bits per heavy atom. The number of aryl methyl sites for hydroxylation is 1. The lowest BCUT2D eigenvalue weighted by atomic mass is 9.76. The molecule has 1 aromatic heterocycles. The van der Waals surface area contributed by atoms with Gasteiger partial charge in [0, 0.05) is 60.5 Å². The molecule has 2 aromatic carbocycles. The highest BCUT2D eigenvalue weighted by Crippen LogP contribution is 2.41. The van der Waals surface area contributed by atoms with Crippen molar-refractivity contribution < 1.29 is 9.84 Å². The minimum atomic E-state index is -0.0536. The third kappa shape index (κ3) is 2.40. The van der Waals surface area contributed by atoms with Crippen LogP contribution in [-0.4, -0.2) is 47.5 Å². The molecule has 2 aliphatic heterocycles. The van der Waals surface area contributed by atoms with E-state index in [1.807, 2.05) is 0 Å². The fourth-order valence-corrected chi connectivity index (χ4v) is 5.11. The van der Waals surface area contributed by atoms with Gasteiger partial charge in [-0.1, -0.05) is 30.3 Å². The van der Waals surface area contributed by atoms with Gasteiger partial charge in [-0.2, -0.15) is 0 Å². The molecule has 2 fully saturated rings. The Morgan fingerprint density at radius 2 is 2.00 bits per heavy atom. The molecule has 0 saturated carbocycles. The molecule has 26 heavy (non-hydrogen) atoms. The fraction of sp³-hybridized carbons (Fsp3) is 0.455. The Bertz CT molecular complexity index is 963. The average Bonchev–Trinajstić information content (AvgIpc) is 3.18. The second-order valence-corrected chi connectivity index (χ2v) is 8.16. The van der Waals surface area contributed by atoms with Gasteiger partial charge in [-0.25, -0.2) is 0 Å². The molecule has 0 amide bonds. The van der Waals surface area contributed by atoms with Crippen molar-refractivity contribution in [1.82, 2.24) is 9.47 Å². The minimum Gasteiger partial charge on any atom is -0.396 e. The molecular weight excluding hydrogens is 324 g/mol. The lowest BCUT2D eigenvalue weighted by Gasteiger charge is -2.36. The van der Waals surface area contributed by atoms with Crippen LogP contribution in [0.25, 0.3) is 21.8 Å². The standard InChI is InChI=1S/C22H26N2O2/c1-23-20-5-3-2-4-18(20)19-7-6-16(10-21(19)23)11-24-12-17-8-9-26-15-22(17,13-24)14-25/h2-7,10,17,25H,8-9,11-15H2,1H3/t17-,22+/m0/s1. The molecule has 4 heteroatoms. The van der Waals surface area contributed by atoms with Gasteiger partial charge in [0.1, 0.15) is 0 Å². The summed E-state index contributed by atoms with van der Waals surface area (Å²) >= 11 is 0. The second-order valence-electron chi connectivity index (χ2n) is 8.16. The first-order valence-electron chi connectivity index (χ1n) is 9.57. The van der Waals surface area contributed by atoms with Crippen LogP contribution in [0.15, 0.2) is 42.5 Å².